The van der Waals surface area contributed by atoms with Crippen molar-refractivity contribution in [1.29, 1.82) is 0 Å². The summed E-state index contributed by atoms with van der Waals surface area (Å²) in [5.74, 6) is -30.5. The summed E-state index contributed by atoms with van der Waals surface area (Å²) in [6, 6.07) is -13.1. The number of nitrogens with two attached hydrogens (primary N) is 3. The maximum Gasteiger partial charge on any atom is 0.323 e. The molecule has 9 rings (SSSR count). The van der Waals surface area contributed by atoms with Gasteiger partial charge in [0.1, 0.15) is 36.3 Å². The van der Waals surface area contributed by atoms with E-state index in [0.717, 1.165) is 29.0 Å². The van der Waals surface area contributed by atoms with Crippen molar-refractivity contribution in [1.82, 2.24) is 14.7 Å². The van der Waals surface area contributed by atoms with Gasteiger partial charge in [-0.2, -0.15) is 0 Å². The smallest absolute Gasteiger partial charge is 0.323 e. The minimum atomic E-state index is -4.14. The maximum absolute atomic E-state index is 13.7. The van der Waals surface area contributed by atoms with Crippen molar-refractivity contribution in [2.45, 2.75) is 195 Å². The Hall–Kier alpha value is -5.37. The first-order valence-corrected chi connectivity index (χ1v) is 28.6. The molecule has 0 radical (unpaired) electrons. The zero-order chi connectivity index (χ0) is 107. The molecule has 10 unspecified atom stereocenters. The lowest BCUT2D eigenvalue weighted by atomic mass is 9.79. The normalized spacial score (nSPS) is 45.9. The first kappa shape index (κ1) is 31.2. The van der Waals surface area contributed by atoms with Crippen LogP contribution in [-0.4, -0.2) is 151 Å². The van der Waals surface area contributed by atoms with Gasteiger partial charge in [-0.1, -0.05) is 82.7 Å². The van der Waals surface area contributed by atoms with E-state index in [1.54, 1.807) is 13.8 Å². The van der Waals surface area contributed by atoms with Crippen LogP contribution in [0.2, 0.25) is 0 Å². The molecule has 3 saturated heterocycles. The van der Waals surface area contributed by atoms with Crippen LogP contribution in [0, 0.1) is 53.1 Å². The number of hydrogen-bond acceptors (Lipinski definition) is 18. The Morgan fingerprint density at radius 1 is 0.478 bits per heavy atom. The van der Waals surface area contributed by atoms with Crippen molar-refractivity contribution >= 4 is 17.9 Å². The number of nitrogens with zero attached hydrogens (tertiary/aromatic N) is 3. The summed E-state index contributed by atoms with van der Waals surface area (Å²) in [7, 11) is 3.43. The second-order valence-corrected chi connectivity index (χ2v) is 22.3. The summed E-state index contributed by atoms with van der Waals surface area (Å²) < 4.78 is 444. The number of methoxy groups -OCH3 is 6. The van der Waals surface area contributed by atoms with Gasteiger partial charge in [-0.05, 0) is 144 Å². The number of carbonyl (C=O) groups is 3. The van der Waals surface area contributed by atoms with E-state index >= 15 is 0 Å². The van der Waals surface area contributed by atoms with Crippen LogP contribution in [0.3, 0.4) is 0 Å². The molecule has 3 aromatic carbocycles. The third-order valence-corrected chi connectivity index (χ3v) is 14.4. The Kier molecular flexibility index (Phi) is 11.3. The first-order valence-electron chi connectivity index (χ1n) is 52.1. The minimum Gasteiger partial charge on any atom is -0.493 e. The first-order chi connectivity index (χ1) is 60.8. The molecule has 13 atom stereocenters. The van der Waals surface area contributed by atoms with Gasteiger partial charge >= 0.3 is 17.9 Å². The lowest BCUT2D eigenvalue weighted by Gasteiger charge is -2.47. The van der Waals surface area contributed by atoms with Crippen LogP contribution < -0.4 is 45.6 Å². The van der Waals surface area contributed by atoms with E-state index in [-0.39, 0.29) is 89.1 Å². The number of benzene rings is 3. The molecule has 6 N–H and O–H groups in total. The van der Waals surface area contributed by atoms with Crippen LogP contribution in [0.4, 0.5) is 0 Å². The zero-order valence-corrected chi connectivity index (χ0v) is 52.1. The highest BCUT2D eigenvalue weighted by Crippen LogP contribution is 2.48. The van der Waals surface area contributed by atoms with Crippen LogP contribution in [0.15, 0.2) is 36.4 Å². The van der Waals surface area contributed by atoms with E-state index in [2.05, 4.69) is 0 Å². The van der Waals surface area contributed by atoms with E-state index in [1.165, 1.54) is 80.4 Å². The van der Waals surface area contributed by atoms with Crippen molar-refractivity contribution in [2.75, 3.05) is 81.7 Å². The van der Waals surface area contributed by atoms with Gasteiger partial charge < -0.3 is 59.8 Å². The molecule has 6 heterocycles. The predicted octanol–water partition coefficient (Wildman–Crippen LogP) is 10.7. The van der Waals surface area contributed by atoms with E-state index in [9.17, 15) is 33.6 Å². The maximum atomic E-state index is 13.7. The van der Waals surface area contributed by atoms with Gasteiger partial charge in [0.25, 0.3) is 0 Å². The molecule has 18 heteroatoms. The van der Waals surface area contributed by atoms with Crippen LogP contribution in [-0.2, 0) is 47.9 Å². The topological polar surface area (TPSA) is 222 Å². The predicted molar refractivity (Wildman–Crippen MR) is 353 cm³/mol. The Labute approximate surface area is 605 Å². The number of piperidine rings is 3. The summed E-state index contributed by atoms with van der Waals surface area (Å²) in [6.07, 6.45) is -22.7. The molecule has 3 aromatic rings. The van der Waals surface area contributed by atoms with Gasteiger partial charge in [0.2, 0.25) is 0 Å². The molecule has 6 aliphatic heterocycles. The van der Waals surface area contributed by atoms with Gasteiger partial charge in [0, 0.05) is 142 Å². The molecular weight excluding hydrogens is 1140 g/mol. The van der Waals surface area contributed by atoms with Crippen LogP contribution in [0.25, 0.3) is 0 Å². The average molecular weight is 1300 g/mol. The van der Waals surface area contributed by atoms with Crippen molar-refractivity contribution in [3.05, 3.63) is 69.8 Å². The number of esters is 3. The number of hydrogen-bond donors (Lipinski definition) is 3. The summed E-state index contributed by atoms with van der Waals surface area (Å²) >= 11 is 0. The fourth-order valence-electron chi connectivity index (χ4n) is 10.1. The van der Waals surface area contributed by atoms with Crippen molar-refractivity contribution in [3.8, 4) is 34.5 Å². The summed E-state index contributed by atoms with van der Waals surface area (Å²) in [5.41, 5.74) is 17.2. The average Bonchev–Trinajstić information content (AvgIpc) is 0.638. The van der Waals surface area contributed by atoms with Crippen molar-refractivity contribution < 1.29 is 121 Å². The highest BCUT2D eigenvalue weighted by atomic mass is 16.6. The Morgan fingerprint density at radius 3 is 1.08 bits per heavy atom. The second kappa shape index (κ2) is 32.5. The molecule has 0 saturated carbocycles. The third-order valence-electron chi connectivity index (χ3n) is 14.4. The SMILES string of the molecule is [2H]C([2H])([2H])C([2H])(C([2H])([2H])[2H])[C@]([2H])(N)C(=O)OC1([2H])C([2H])([2H])C2([2H])c3cc(OC)c(OC)cc3CCN2C([2H])([2H])C1([2H])CC(C)C.[2H]C([2H])([2H])Oc1cc2c(cc1OC)C1([2H])N(CC2)C([2H])([2H])C([2H])(CC(C)C)C([2H])(OC(=O)[C@@]([2H])(N)C([2H])(C([2H])([2H])[2H])C([2H])([2H])[2H])C1([2H])[2H].[2H]C1C2([2H])c3cc(OC)c(OC)cc3CCN2C([2H])([2H])C([2H])(CC(C)C)C1([2H])OC(=O)[C@@]([2H])(N)C([2H])(C([2H])([2H])[2H])C([2H])([2H])[2H]. The van der Waals surface area contributed by atoms with Crippen molar-refractivity contribution in [3.63, 3.8) is 0 Å². The molecule has 0 aliphatic carbocycles. The molecule has 0 bridgehead atoms. The summed E-state index contributed by atoms with van der Waals surface area (Å²) in [4.78, 5) is 43.4. The third kappa shape index (κ3) is 17.5. The lowest BCUT2D eigenvalue weighted by Crippen LogP contribution is -2.51. The van der Waals surface area contributed by atoms with E-state index < -0.39 is 244 Å². The number of ether oxygens (including phenoxy) is 9. The van der Waals surface area contributed by atoms with Gasteiger partial charge in [-0.3, -0.25) is 29.1 Å². The van der Waals surface area contributed by atoms with E-state index in [1.807, 2.05) is 0 Å². The van der Waals surface area contributed by atoms with Crippen LogP contribution in [0.5, 0.6) is 34.5 Å². The zero-order valence-electron chi connectivity index (χ0n) is 99.1. The van der Waals surface area contributed by atoms with Crippen molar-refractivity contribution in [2.24, 2.45) is 70.3 Å². The Balaban J connectivity index is 0.000000280. The van der Waals surface area contributed by atoms with Gasteiger partial charge in [0.15, 0.2) is 34.5 Å². The van der Waals surface area contributed by atoms with Gasteiger partial charge in [-0.25, -0.2) is 0 Å². The lowest BCUT2D eigenvalue weighted by molar-refractivity contribution is -0.161. The molecule has 504 valence electrons. The molecule has 0 amide bonds. The van der Waals surface area contributed by atoms with Gasteiger partial charge in [0.05, 0.1) is 59.0 Å². The summed E-state index contributed by atoms with van der Waals surface area (Å²) in [5, 5.41) is 0. The van der Waals surface area contributed by atoms with Crippen LogP contribution in [0.1, 0.15) is 237 Å². The van der Waals surface area contributed by atoms with E-state index in [4.69, 9.17) is 105 Å². The fraction of sp³-hybridized carbons (Fsp3) is 0.708. The largest absolute Gasteiger partial charge is 0.493 e. The quantitative estimate of drug-likeness (QED) is 0.0666. The molecule has 18 nitrogen and oxygen atoms in total. The Morgan fingerprint density at radius 2 is 0.767 bits per heavy atom. The standard InChI is InChI=1S/3C24H38N2O4/c3*1-14(2)9-17-13-26-8-7-16-10-21(28-5)22(29-6)11-18(16)19(26)12-20(17)30-24(27)23(25)15(3)4/h3*10-11,14-15,17,19-20,23H,7-9,12-13,25H2,1-6H3/t3*17?,19?,20?,23-/m000/s1/i3D3,4D3,5D3,12D2,13D2,15D,17D,19D,20D,23D;3D3,4D3,12D2,13D2,15D,17D,19D,20D,23D;3D3,4D3,12D,13D2,15D,17D,19D,20D,23D/t2m;12?,17?,19?,20?,23-. The molecule has 6 aliphatic rings. The highest BCUT2D eigenvalue weighted by molar-refractivity contribution is 5.77. The van der Waals surface area contributed by atoms with E-state index in [0.29, 0.717) is 10.5 Å². The number of carbonyl (C=O) groups excluding carboxylic acids is 3. The molecular formula is C72H114N6O12. The molecule has 0 spiro atoms. The number of rotatable bonds is 21. The monoisotopic (exact) mass is 1300 g/mol. The molecule has 90 heavy (non-hydrogen) atoms. The van der Waals surface area contributed by atoms with Gasteiger partial charge in [-0.15, -0.1) is 0 Å². The second-order valence-electron chi connectivity index (χ2n) is 22.3. The summed E-state index contributed by atoms with van der Waals surface area (Å²) in [6.45, 7) is -24.8. The Bertz CT molecular complexity index is 4970. The number of fused-ring (bicyclic) bond motifs is 9. The van der Waals surface area contributed by atoms with Crippen LogP contribution >= 0.6 is 0 Å². The fourth-order valence-corrected chi connectivity index (χ4v) is 10.1. The molecule has 0 aromatic heterocycles. The minimum absolute atomic E-state index is 0.0139. The molecule has 3 fully saturated rings. The highest BCUT2D eigenvalue weighted by Gasteiger charge is 2.45.